The zero-order chi connectivity index (χ0) is 19.2. The van der Waals surface area contributed by atoms with E-state index < -0.39 is 5.91 Å². The molecule has 2 N–H and O–H groups in total. The molecule has 7 heteroatoms. The summed E-state index contributed by atoms with van der Waals surface area (Å²) in [5, 5.41) is 0. The average Bonchev–Trinajstić information content (AvgIpc) is 2.72. The maximum absolute atomic E-state index is 12.7. The molecule has 0 bridgehead atoms. The van der Waals surface area contributed by atoms with Crippen LogP contribution in [0.15, 0.2) is 42.9 Å². The van der Waals surface area contributed by atoms with Gasteiger partial charge in [-0.05, 0) is 49.1 Å². The topological polar surface area (TPSA) is 92.4 Å². The lowest BCUT2D eigenvalue weighted by Crippen LogP contribution is -2.46. The number of hydrogen-bond donors (Lipinski definition) is 1. The molecule has 0 saturated carbocycles. The van der Waals surface area contributed by atoms with E-state index in [-0.39, 0.29) is 17.6 Å². The van der Waals surface area contributed by atoms with Crippen LogP contribution in [0.2, 0.25) is 0 Å². The van der Waals surface area contributed by atoms with Crippen molar-refractivity contribution in [1.82, 2.24) is 19.8 Å². The number of carbonyl (C=O) groups is 2. The zero-order valence-electron chi connectivity index (χ0n) is 15.5. The highest BCUT2D eigenvalue weighted by Crippen LogP contribution is 2.18. The summed E-state index contributed by atoms with van der Waals surface area (Å²) in [6.45, 7) is 2.98. The van der Waals surface area contributed by atoms with Gasteiger partial charge in [0, 0.05) is 51.3 Å². The number of primary amides is 1. The maximum atomic E-state index is 12.7. The van der Waals surface area contributed by atoms with Crippen LogP contribution in [-0.4, -0.2) is 64.3 Å². The van der Waals surface area contributed by atoms with Gasteiger partial charge in [0.1, 0.15) is 5.69 Å². The highest BCUT2D eigenvalue weighted by molar-refractivity contribution is 5.95. The molecule has 2 aromatic rings. The fourth-order valence-corrected chi connectivity index (χ4v) is 3.40. The van der Waals surface area contributed by atoms with Crippen LogP contribution in [0.1, 0.15) is 39.3 Å². The van der Waals surface area contributed by atoms with Gasteiger partial charge < -0.3 is 15.5 Å². The van der Waals surface area contributed by atoms with Crippen LogP contribution in [-0.2, 0) is 6.42 Å². The van der Waals surface area contributed by atoms with E-state index in [4.69, 9.17) is 5.73 Å². The van der Waals surface area contributed by atoms with Gasteiger partial charge in [-0.15, -0.1) is 0 Å². The number of rotatable bonds is 6. The van der Waals surface area contributed by atoms with Gasteiger partial charge in [0.05, 0.1) is 5.56 Å². The molecule has 2 amide bonds. The number of pyridine rings is 2. The van der Waals surface area contributed by atoms with E-state index >= 15 is 0 Å². The van der Waals surface area contributed by atoms with Crippen molar-refractivity contribution >= 4 is 11.8 Å². The number of hydrogen-bond acceptors (Lipinski definition) is 5. The van der Waals surface area contributed by atoms with E-state index in [9.17, 15) is 9.59 Å². The van der Waals surface area contributed by atoms with Gasteiger partial charge in [-0.3, -0.25) is 19.6 Å². The van der Waals surface area contributed by atoms with Crippen molar-refractivity contribution in [3.8, 4) is 0 Å². The monoisotopic (exact) mass is 367 g/mol. The summed E-state index contributed by atoms with van der Waals surface area (Å²) in [6, 6.07) is 7.42. The minimum absolute atomic E-state index is 0.0752. The molecule has 142 valence electrons. The number of piperidine rings is 1. The summed E-state index contributed by atoms with van der Waals surface area (Å²) in [4.78, 5) is 36.0. The molecule has 3 heterocycles. The lowest BCUT2D eigenvalue weighted by molar-refractivity contribution is 0.0642. The smallest absolute Gasteiger partial charge is 0.267 e. The Morgan fingerprint density at radius 3 is 2.48 bits per heavy atom. The third-order valence-corrected chi connectivity index (χ3v) is 5.15. The molecule has 0 unspecified atom stereocenters. The Morgan fingerprint density at radius 2 is 1.89 bits per heavy atom. The highest BCUT2D eigenvalue weighted by Gasteiger charge is 2.26. The summed E-state index contributed by atoms with van der Waals surface area (Å²) in [5.74, 6) is -0.671. The van der Waals surface area contributed by atoms with Crippen LogP contribution >= 0.6 is 0 Å². The number of amides is 2. The third-order valence-electron chi connectivity index (χ3n) is 5.15. The van der Waals surface area contributed by atoms with Crippen molar-refractivity contribution in [2.45, 2.75) is 25.3 Å². The second-order valence-electron chi connectivity index (χ2n) is 6.89. The van der Waals surface area contributed by atoms with Crippen LogP contribution in [0.5, 0.6) is 0 Å². The molecule has 0 atom stereocenters. The predicted octanol–water partition coefficient (Wildman–Crippen LogP) is 1.35. The lowest BCUT2D eigenvalue weighted by atomic mass is 10.0. The first-order chi connectivity index (χ1) is 13.0. The first-order valence-corrected chi connectivity index (χ1v) is 9.19. The molecule has 3 rings (SSSR count). The van der Waals surface area contributed by atoms with Crippen LogP contribution in [0.4, 0.5) is 0 Å². The average molecular weight is 367 g/mol. The van der Waals surface area contributed by atoms with Crippen molar-refractivity contribution in [3.63, 3.8) is 0 Å². The minimum atomic E-state index is -0.596. The second-order valence-corrected chi connectivity index (χ2v) is 6.89. The first kappa shape index (κ1) is 19.0. The fraction of sp³-hybridized carbons (Fsp3) is 0.400. The van der Waals surface area contributed by atoms with Gasteiger partial charge in [0.2, 0.25) is 0 Å². The molecule has 27 heavy (non-hydrogen) atoms. The van der Waals surface area contributed by atoms with Crippen LogP contribution in [0.3, 0.4) is 0 Å². The standard InChI is InChI=1S/C20H25N5O2/c1-24(20(27)16-2-3-18(19(21)26)23-14-16)17-7-12-25(13-8-17)11-6-15-4-9-22-10-5-15/h2-5,9-10,14,17H,6-8,11-13H2,1H3,(H2,21,26). The van der Waals surface area contributed by atoms with E-state index in [1.807, 2.05) is 19.4 Å². The lowest BCUT2D eigenvalue weighted by Gasteiger charge is -2.36. The molecule has 7 nitrogen and oxygen atoms in total. The zero-order valence-corrected chi connectivity index (χ0v) is 15.5. The molecular weight excluding hydrogens is 342 g/mol. The summed E-state index contributed by atoms with van der Waals surface area (Å²) >= 11 is 0. The van der Waals surface area contributed by atoms with E-state index in [1.165, 1.54) is 17.8 Å². The summed E-state index contributed by atoms with van der Waals surface area (Å²) in [5.41, 5.74) is 7.12. The molecule has 0 aliphatic carbocycles. The van der Waals surface area contributed by atoms with Gasteiger partial charge in [0.15, 0.2) is 0 Å². The van der Waals surface area contributed by atoms with E-state index in [0.717, 1.165) is 38.9 Å². The van der Waals surface area contributed by atoms with Gasteiger partial charge in [0.25, 0.3) is 11.8 Å². The number of carbonyl (C=O) groups excluding carboxylic acids is 2. The molecule has 0 spiro atoms. The number of nitrogens with two attached hydrogens (primary N) is 1. The van der Waals surface area contributed by atoms with Crippen molar-refractivity contribution in [2.75, 3.05) is 26.7 Å². The van der Waals surface area contributed by atoms with Crippen molar-refractivity contribution in [3.05, 3.63) is 59.7 Å². The molecule has 1 saturated heterocycles. The highest BCUT2D eigenvalue weighted by atomic mass is 16.2. The summed E-state index contributed by atoms with van der Waals surface area (Å²) in [7, 11) is 1.83. The minimum Gasteiger partial charge on any atom is -0.364 e. The summed E-state index contributed by atoms with van der Waals surface area (Å²) in [6.07, 6.45) is 7.99. The molecule has 2 aromatic heterocycles. The van der Waals surface area contributed by atoms with E-state index in [2.05, 4.69) is 27.0 Å². The molecule has 0 radical (unpaired) electrons. The second kappa shape index (κ2) is 8.73. The van der Waals surface area contributed by atoms with Crippen molar-refractivity contribution in [1.29, 1.82) is 0 Å². The number of likely N-dealkylation sites (tertiary alicyclic amines) is 1. The van der Waals surface area contributed by atoms with Crippen LogP contribution < -0.4 is 5.73 Å². The largest absolute Gasteiger partial charge is 0.364 e. The van der Waals surface area contributed by atoms with E-state index in [0.29, 0.717) is 5.56 Å². The molecular formula is C20H25N5O2. The van der Waals surface area contributed by atoms with Crippen LogP contribution in [0.25, 0.3) is 0 Å². The Balaban J connectivity index is 1.49. The normalized spacial score (nSPS) is 15.4. The SMILES string of the molecule is CN(C(=O)c1ccc(C(N)=O)nc1)C1CCN(CCc2ccncc2)CC1. The first-order valence-electron chi connectivity index (χ1n) is 9.19. The molecule has 1 fully saturated rings. The van der Waals surface area contributed by atoms with Crippen molar-refractivity contribution < 1.29 is 9.59 Å². The maximum Gasteiger partial charge on any atom is 0.267 e. The van der Waals surface area contributed by atoms with Gasteiger partial charge in [-0.1, -0.05) is 0 Å². The Hall–Kier alpha value is -2.80. The summed E-state index contributed by atoms with van der Waals surface area (Å²) < 4.78 is 0. The number of nitrogens with zero attached hydrogens (tertiary/aromatic N) is 4. The van der Waals surface area contributed by atoms with Gasteiger partial charge in [-0.2, -0.15) is 0 Å². The van der Waals surface area contributed by atoms with Gasteiger partial charge in [-0.25, -0.2) is 0 Å². The Kier molecular flexibility index (Phi) is 6.13. The number of aromatic nitrogens is 2. The predicted molar refractivity (Wildman–Crippen MR) is 102 cm³/mol. The quantitative estimate of drug-likeness (QED) is 0.832. The molecule has 0 aromatic carbocycles. The van der Waals surface area contributed by atoms with Crippen LogP contribution in [0, 0.1) is 0 Å². The molecule has 1 aliphatic rings. The van der Waals surface area contributed by atoms with E-state index in [1.54, 1.807) is 11.0 Å². The Morgan fingerprint density at radius 1 is 1.19 bits per heavy atom. The Bertz CT molecular complexity index is 771. The third kappa shape index (κ3) is 4.89. The van der Waals surface area contributed by atoms with Gasteiger partial charge >= 0.3 is 0 Å². The Labute approximate surface area is 159 Å². The molecule has 1 aliphatic heterocycles. The van der Waals surface area contributed by atoms with Crippen molar-refractivity contribution in [2.24, 2.45) is 5.73 Å². The fourth-order valence-electron chi connectivity index (χ4n) is 3.40.